The lowest BCUT2D eigenvalue weighted by Crippen LogP contribution is -2.41. The smallest absolute Gasteiger partial charge is 0.273 e. The molecule has 0 aromatic heterocycles. The molecule has 0 unspecified atom stereocenters. The molecule has 0 amide bonds. The van der Waals surface area contributed by atoms with Gasteiger partial charge in [-0.1, -0.05) is 12.2 Å². The maximum absolute atomic E-state index is 10.3. The predicted octanol–water partition coefficient (Wildman–Crippen LogP) is -0.0322. The zero-order valence-electron chi connectivity index (χ0n) is 6.60. The first kappa shape index (κ1) is 11.3. The lowest BCUT2D eigenvalue weighted by Gasteiger charge is -2.16. The van der Waals surface area contributed by atoms with Crippen LogP contribution in [0.4, 0.5) is 0 Å². The number of nitrogens with zero attached hydrogens (tertiary/aromatic N) is 1. The maximum Gasteiger partial charge on any atom is 0.346 e. The minimum atomic E-state index is -4.19. The Morgan fingerprint density at radius 1 is 1.33 bits per heavy atom. The van der Waals surface area contributed by atoms with Gasteiger partial charge < -0.3 is 0 Å². The van der Waals surface area contributed by atoms with Gasteiger partial charge in [-0.15, -0.1) is 18.0 Å². The Balaban J connectivity index is 4.12. The summed E-state index contributed by atoms with van der Waals surface area (Å²) < 4.78 is 29.0. The molecule has 0 aliphatic rings. The first-order chi connectivity index (χ1) is 5.49. The molecular formula is C6H12N2O3S. The van der Waals surface area contributed by atoms with Gasteiger partial charge >= 0.3 is 10.3 Å². The number of rotatable bonds is 6. The molecule has 0 saturated heterocycles. The van der Waals surface area contributed by atoms with Crippen molar-refractivity contribution in [3.8, 4) is 0 Å². The third-order valence-electron chi connectivity index (χ3n) is 0.943. The average molecular weight is 192 g/mol. The molecule has 0 aliphatic heterocycles. The van der Waals surface area contributed by atoms with Crippen LogP contribution >= 0.6 is 0 Å². The van der Waals surface area contributed by atoms with Crippen LogP contribution in [0, 0.1) is 0 Å². The molecule has 0 radical (unpaired) electrons. The van der Waals surface area contributed by atoms with Crippen LogP contribution in [-0.4, -0.2) is 31.1 Å². The maximum atomic E-state index is 10.3. The molecule has 12 heavy (non-hydrogen) atoms. The predicted molar refractivity (Wildman–Crippen MR) is 46.7 cm³/mol. The number of hydrazine groups is 1. The Kier molecular flexibility index (Phi) is 4.75. The van der Waals surface area contributed by atoms with Crippen molar-refractivity contribution in [1.82, 2.24) is 9.84 Å². The molecule has 0 atom stereocenters. The van der Waals surface area contributed by atoms with Gasteiger partial charge in [0.05, 0.1) is 0 Å². The van der Waals surface area contributed by atoms with Crippen LogP contribution < -0.4 is 4.83 Å². The Hall–Kier alpha value is -0.690. The summed E-state index contributed by atoms with van der Waals surface area (Å²) in [5.74, 6) is 0. The normalized spacial score (nSPS) is 11.5. The molecular weight excluding hydrogens is 180 g/mol. The second kappa shape index (κ2) is 5.04. The molecule has 0 aromatic rings. The third kappa shape index (κ3) is 6.05. The van der Waals surface area contributed by atoms with Gasteiger partial charge in [0.2, 0.25) is 0 Å². The van der Waals surface area contributed by atoms with E-state index in [1.807, 2.05) is 4.83 Å². The minimum Gasteiger partial charge on any atom is -0.273 e. The summed E-state index contributed by atoms with van der Waals surface area (Å²) in [6, 6.07) is 0. The van der Waals surface area contributed by atoms with Crippen molar-refractivity contribution >= 4 is 10.3 Å². The second-order valence-electron chi connectivity index (χ2n) is 2.05. The summed E-state index contributed by atoms with van der Waals surface area (Å²) in [6.45, 7) is 7.44. The van der Waals surface area contributed by atoms with Crippen molar-refractivity contribution < 1.29 is 13.0 Å². The Labute approximate surface area is 72.2 Å². The number of nitrogens with one attached hydrogen (secondary N) is 1. The van der Waals surface area contributed by atoms with Crippen molar-refractivity contribution in [2.24, 2.45) is 0 Å². The van der Waals surface area contributed by atoms with E-state index < -0.39 is 10.3 Å². The molecule has 0 spiro atoms. The third-order valence-corrected chi connectivity index (χ3v) is 1.43. The fraction of sp³-hybridized carbons (Fsp3) is 0.333. The van der Waals surface area contributed by atoms with Gasteiger partial charge in [-0.25, -0.2) is 5.01 Å². The SMILES string of the molecule is C=CCN(CC=C)NS(=O)(=O)O. The first-order valence-corrected chi connectivity index (χ1v) is 4.65. The molecule has 70 valence electrons. The first-order valence-electron chi connectivity index (χ1n) is 3.21. The van der Waals surface area contributed by atoms with E-state index in [-0.39, 0.29) is 0 Å². The van der Waals surface area contributed by atoms with Crippen LogP contribution in [0.25, 0.3) is 0 Å². The van der Waals surface area contributed by atoms with Gasteiger partial charge in [-0.3, -0.25) is 4.55 Å². The summed E-state index contributed by atoms with van der Waals surface area (Å²) in [5.41, 5.74) is 0. The molecule has 0 fully saturated rings. The molecule has 0 aromatic carbocycles. The highest BCUT2D eigenvalue weighted by Gasteiger charge is 2.08. The van der Waals surface area contributed by atoms with E-state index in [1.54, 1.807) is 0 Å². The fourth-order valence-electron chi connectivity index (χ4n) is 0.624. The van der Waals surface area contributed by atoms with E-state index in [0.717, 1.165) is 0 Å². The van der Waals surface area contributed by atoms with Crippen molar-refractivity contribution in [2.75, 3.05) is 13.1 Å². The minimum absolute atomic E-state index is 0.297. The zero-order valence-corrected chi connectivity index (χ0v) is 7.42. The van der Waals surface area contributed by atoms with Crippen LogP contribution in [-0.2, 0) is 10.3 Å². The van der Waals surface area contributed by atoms with E-state index in [9.17, 15) is 8.42 Å². The van der Waals surface area contributed by atoms with E-state index in [0.29, 0.717) is 13.1 Å². The van der Waals surface area contributed by atoms with Crippen molar-refractivity contribution in [1.29, 1.82) is 0 Å². The highest BCUT2D eigenvalue weighted by atomic mass is 32.2. The van der Waals surface area contributed by atoms with Crippen LogP contribution in [0.1, 0.15) is 0 Å². The molecule has 5 nitrogen and oxygen atoms in total. The standard InChI is InChI=1S/C6H12N2O3S/c1-3-5-8(6-4-2)7-12(9,10)11/h3-4,7H,1-2,5-6H2,(H,9,10,11). The monoisotopic (exact) mass is 192 g/mol. The Morgan fingerprint density at radius 3 is 2.00 bits per heavy atom. The topological polar surface area (TPSA) is 69.6 Å². The van der Waals surface area contributed by atoms with Gasteiger partial charge in [-0.05, 0) is 0 Å². The molecule has 2 N–H and O–H groups in total. The van der Waals surface area contributed by atoms with Crippen molar-refractivity contribution in [3.63, 3.8) is 0 Å². The molecule has 0 heterocycles. The Morgan fingerprint density at radius 2 is 1.75 bits per heavy atom. The van der Waals surface area contributed by atoms with Gasteiger partial charge in [0, 0.05) is 13.1 Å². The molecule has 0 saturated carbocycles. The van der Waals surface area contributed by atoms with Crippen molar-refractivity contribution in [3.05, 3.63) is 25.3 Å². The van der Waals surface area contributed by atoms with Crippen molar-refractivity contribution in [2.45, 2.75) is 0 Å². The van der Waals surface area contributed by atoms with Gasteiger partial charge in [-0.2, -0.15) is 8.42 Å². The molecule has 0 aliphatic carbocycles. The summed E-state index contributed by atoms with van der Waals surface area (Å²) in [7, 11) is -4.19. The van der Waals surface area contributed by atoms with E-state index in [2.05, 4.69) is 13.2 Å². The van der Waals surface area contributed by atoms with Crippen LogP contribution in [0.2, 0.25) is 0 Å². The van der Waals surface area contributed by atoms with E-state index in [4.69, 9.17) is 4.55 Å². The summed E-state index contributed by atoms with van der Waals surface area (Å²) in [5, 5.41) is 1.25. The highest BCUT2D eigenvalue weighted by molar-refractivity contribution is 7.83. The lowest BCUT2D eigenvalue weighted by molar-refractivity contribution is 0.280. The van der Waals surface area contributed by atoms with Crippen LogP contribution in [0.5, 0.6) is 0 Å². The lowest BCUT2D eigenvalue weighted by atomic mass is 10.5. The second-order valence-corrected chi connectivity index (χ2v) is 3.18. The summed E-state index contributed by atoms with van der Waals surface area (Å²) >= 11 is 0. The van der Waals surface area contributed by atoms with Gasteiger partial charge in [0.1, 0.15) is 0 Å². The van der Waals surface area contributed by atoms with Gasteiger partial charge in [0.25, 0.3) is 0 Å². The zero-order chi connectivity index (χ0) is 9.61. The fourth-order valence-corrected chi connectivity index (χ4v) is 1.10. The van der Waals surface area contributed by atoms with E-state index >= 15 is 0 Å². The van der Waals surface area contributed by atoms with Crippen LogP contribution in [0.3, 0.4) is 0 Å². The molecule has 0 bridgehead atoms. The number of hydrogen-bond acceptors (Lipinski definition) is 3. The molecule has 6 heteroatoms. The quantitative estimate of drug-likeness (QED) is 0.352. The van der Waals surface area contributed by atoms with Gasteiger partial charge in [0.15, 0.2) is 0 Å². The summed E-state index contributed by atoms with van der Waals surface area (Å²) in [6.07, 6.45) is 3.00. The Bertz CT molecular complexity index is 238. The highest BCUT2D eigenvalue weighted by Crippen LogP contribution is 1.86. The summed E-state index contributed by atoms with van der Waals surface area (Å²) in [4.78, 5) is 1.88. The van der Waals surface area contributed by atoms with Crippen LogP contribution in [0.15, 0.2) is 25.3 Å². The number of hydrogen-bond donors (Lipinski definition) is 2. The molecule has 0 rings (SSSR count). The van der Waals surface area contributed by atoms with E-state index in [1.165, 1.54) is 17.2 Å². The average Bonchev–Trinajstić information content (AvgIpc) is 1.84. The largest absolute Gasteiger partial charge is 0.346 e.